The van der Waals surface area contributed by atoms with Crippen molar-refractivity contribution >= 4 is 75.4 Å². The molecule has 0 saturated heterocycles. The van der Waals surface area contributed by atoms with E-state index in [1.165, 1.54) is 131 Å². The number of rotatable bonds is 3. The lowest BCUT2D eigenvalue weighted by molar-refractivity contribution is 1.66. The molecule has 13 rings (SSSR count). The van der Waals surface area contributed by atoms with Gasteiger partial charge < -0.3 is 0 Å². The van der Waals surface area contributed by atoms with Gasteiger partial charge in [0.1, 0.15) is 0 Å². The summed E-state index contributed by atoms with van der Waals surface area (Å²) in [4.78, 5) is 0. The van der Waals surface area contributed by atoms with Gasteiger partial charge in [0.05, 0.1) is 0 Å². The topological polar surface area (TPSA) is 0 Å². The molecule has 12 aromatic rings. The molecule has 0 N–H and O–H groups in total. The smallest absolute Gasteiger partial charge is 0.00199 e. The third kappa shape index (κ3) is 4.03. The Balaban J connectivity index is 1.18. The van der Waals surface area contributed by atoms with Crippen molar-refractivity contribution in [2.75, 3.05) is 0 Å². The first-order valence-corrected chi connectivity index (χ1v) is 19.6. The van der Waals surface area contributed by atoms with Gasteiger partial charge in [0.15, 0.2) is 0 Å². The summed E-state index contributed by atoms with van der Waals surface area (Å²) in [5.74, 6) is 0. The molecule has 256 valence electrons. The second-order valence-electron chi connectivity index (χ2n) is 15.5. The maximum Gasteiger partial charge on any atom is -0.00199 e. The summed E-state index contributed by atoms with van der Waals surface area (Å²) in [6.45, 7) is 0. The molecule has 0 amide bonds. The van der Waals surface area contributed by atoms with Crippen LogP contribution in [0.4, 0.5) is 0 Å². The Kier molecular flexibility index (Phi) is 5.98. The summed E-state index contributed by atoms with van der Waals surface area (Å²) in [5.41, 5.74) is 12.9. The van der Waals surface area contributed by atoms with Crippen LogP contribution in [0.5, 0.6) is 0 Å². The van der Waals surface area contributed by atoms with E-state index in [2.05, 4.69) is 194 Å². The molecule has 1 aliphatic carbocycles. The second kappa shape index (κ2) is 11.1. The van der Waals surface area contributed by atoms with Crippen LogP contribution < -0.4 is 0 Å². The van der Waals surface area contributed by atoms with Crippen LogP contribution in [0, 0.1) is 0 Å². The Hall–Kier alpha value is -7.28. The van der Waals surface area contributed by atoms with Crippen molar-refractivity contribution in [2.24, 2.45) is 0 Å². The van der Waals surface area contributed by atoms with Crippen molar-refractivity contribution < 1.29 is 0 Å². The molecular weight excluding hydrogens is 673 g/mol. The molecule has 0 spiro atoms. The summed E-state index contributed by atoms with van der Waals surface area (Å²) in [6, 6.07) is 73.0. The zero-order valence-corrected chi connectivity index (χ0v) is 30.5. The van der Waals surface area contributed by atoms with Gasteiger partial charge in [-0.05, 0) is 143 Å². The molecular formula is C56H32. The van der Waals surface area contributed by atoms with Gasteiger partial charge in [0.25, 0.3) is 0 Å². The van der Waals surface area contributed by atoms with Crippen LogP contribution in [0.25, 0.3) is 131 Å². The molecule has 0 aromatic heterocycles. The number of fused-ring (bicyclic) bond motifs is 6. The molecule has 0 heteroatoms. The first-order chi connectivity index (χ1) is 27.8. The third-order valence-electron chi connectivity index (χ3n) is 12.7. The van der Waals surface area contributed by atoms with Crippen LogP contribution in [-0.4, -0.2) is 0 Å². The van der Waals surface area contributed by atoms with Crippen molar-refractivity contribution in [3.8, 4) is 55.6 Å². The molecule has 12 aromatic carbocycles. The Morgan fingerprint density at radius 1 is 0.196 bits per heavy atom. The fraction of sp³-hybridized carbons (Fsp3) is 0. The summed E-state index contributed by atoms with van der Waals surface area (Å²) in [5, 5.41) is 18.1. The number of hydrogen-bond donors (Lipinski definition) is 0. The minimum atomic E-state index is 1.22. The molecule has 0 fully saturated rings. The van der Waals surface area contributed by atoms with Crippen LogP contribution in [0.3, 0.4) is 0 Å². The van der Waals surface area contributed by atoms with Crippen LogP contribution >= 0.6 is 0 Å². The Bertz CT molecular complexity index is 3590. The van der Waals surface area contributed by atoms with E-state index in [9.17, 15) is 0 Å². The second-order valence-corrected chi connectivity index (χ2v) is 15.5. The predicted molar refractivity (Wildman–Crippen MR) is 241 cm³/mol. The molecule has 0 heterocycles. The van der Waals surface area contributed by atoms with Gasteiger partial charge in [-0.15, -0.1) is 0 Å². The SMILES string of the molecule is c1ccc2c(c1)-c1cccc3c(-c4c5ccccc5c(-c5ccc6ccc7cccc8ccc5c6c78)c5ccc(-c6ccc7ccccc7c6)cc45)ccc-2c13. The number of hydrogen-bond acceptors (Lipinski definition) is 0. The van der Waals surface area contributed by atoms with Crippen LogP contribution in [0.1, 0.15) is 0 Å². The highest BCUT2D eigenvalue weighted by Crippen LogP contribution is 2.53. The molecule has 56 heavy (non-hydrogen) atoms. The van der Waals surface area contributed by atoms with Crippen molar-refractivity contribution in [1.82, 2.24) is 0 Å². The Morgan fingerprint density at radius 2 is 0.643 bits per heavy atom. The van der Waals surface area contributed by atoms with Crippen molar-refractivity contribution in [2.45, 2.75) is 0 Å². The lowest BCUT2D eigenvalue weighted by atomic mass is 9.81. The maximum atomic E-state index is 2.47. The molecule has 0 radical (unpaired) electrons. The van der Waals surface area contributed by atoms with E-state index in [0.717, 1.165) is 0 Å². The van der Waals surface area contributed by atoms with Crippen LogP contribution in [0.15, 0.2) is 194 Å². The van der Waals surface area contributed by atoms with Crippen molar-refractivity contribution in [3.63, 3.8) is 0 Å². The summed E-state index contributed by atoms with van der Waals surface area (Å²) in [7, 11) is 0. The third-order valence-corrected chi connectivity index (χ3v) is 12.7. The highest BCUT2D eigenvalue weighted by molar-refractivity contribution is 6.31. The van der Waals surface area contributed by atoms with Gasteiger partial charge >= 0.3 is 0 Å². The maximum absolute atomic E-state index is 2.47. The quantitative estimate of drug-likeness (QED) is 0.127. The average Bonchev–Trinajstić information content (AvgIpc) is 3.59. The van der Waals surface area contributed by atoms with E-state index < -0.39 is 0 Å². The van der Waals surface area contributed by atoms with Crippen LogP contribution in [0.2, 0.25) is 0 Å². The molecule has 1 aliphatic rings. The Labute approximate surface area is 323 Å². The zero-order valence-electron chi connectivity index (χ0n) is 30.5. The minimum absolute atomic E-state index is 1.22. The zero-order chi connectivity index (χ0) is 36.5. The van der Waals surface area contributed by atoms with Crippen molar-refractivity contribution in [3.05, 3.63) is 194 Å². The summed E-state index contributed by atoms with van der Waals surface area (Å²) >= 11 is 0. The van der Waals surface area contributed by atoms with Gasteiger partial charge in [0, 0.05) is 0 Å². The van der Waals surface area contributed by atoms with Gasteiger partial charge in [-0.25, -0.2) is 0 Å². The standard InChI is InChI=1S/C56H32/c1-2-10-37-31-38(22-19-33(37)9-1)39-25-28-50-51(32-39)56(49-30-29-46-41-14-4-3-13-40(41)42-17-8-18-45(49)54(42)46)44-16-6-5-15-43(44)55(50)48-27-24-36-21-20-34-11-7-12-35-23-26-47(48)53(36)52(34)35/h1-32H. The summed E-state index contributed by atoms with van der Waals surface area (Å²) < 4.78 is 0. The van der Waals surface area contributed by atoms with Gasteiger partial charge in [-0.1, -0.05) is 182 Å². The normalized spacial score (nSPS) is 12.3. The average molecular weight is 705 g/mol. The molecule has 0 unspecified atom stereocenters. The van der Waals surface area contributed by atoms with Crippen molar-refractivity contribution in [1.29, 1.82) is 0 Å². The minimum Gasteiger partial charge on any atom is -0.0616 e. The van der Waals surface area contributed by atoms with E-state index in [4.69, 9.17) is 0 Å². The fourth-order valence-electron chi connectivity index (χ4n) is 10.3. The highest BCUT2D eigenvalue weighted by Gasteiger charge is 2.25. The van der Waals surface area contributed by atoms with Gasteiger partial charge in [-0.2, -0.15) is 0 Å². The van der Waals surface area contributed by atoms with Crippen LogP contribution in [-0.2, 0) is 0 Å². The van der Waals surface area contributed by atoms with E-state index >= 15 is 0 Å². The van der Waals surface area contributed by atoms with E-state index in [1.54, 1.807) is 0 Å². The number of benzene rings is 12. The summed E-state index contributed by atoms with van der Waals surface area (Å²) in [6.07, 6.45) is 0. The van der Waals surface area contributed by atoms with E-state index in [0.29, 0.717) is 0 Å². The lowest BCUT2D eigenvalue weighted by Gasteiger charge is -2.21. The molecule has 0 aliphatic heterocycles. The van der Waals surface area contributed by atoms with E-state index in [-0.39, 0.29) is 0 Å². The fourth-order valence-corrected chi connectivity index (χ4v) is 10.3. The first-order valence-electron chi connectivity index (χ1n) is 19.6. The molecule has 0 saturated carbocycles. The van der Waals surface area contributed by atoms with E-state index in [1.807, 2.05) is 0 Å². The lowest BCUT2D eigenvalue weighted by Crippen LogP contribution is -1.94. The molecule has 0 bridgehead atoms. The van der Waals surface area contributed by atoms with Gasteiger partial charge in [-0.3, -0.25) is 0 Å². The monoisotopic (exact) mass is 704 g/mol. The van der Waals surface area contributed by atoms with Gasteiger partial charge in [0.2, 0.25) is 0 Å². The largest absolute Gasteiger partial charge is 0.0616 e. The highest BCUT2D eigenvalue weighted by atomic mass is 14.3. The molecule has 0 nitrogen and oxygen atoms in total. The Morgan fingerprint density at radius 3 is 1.45 bits per heavy atom. The predicted octanol–water partition coefficient (Wildman–Crippen LogP) is 15.8. The first kappa shape index (κ1) is 30.1. The molecule has 0 atom stereocenters.